The molecule has 2 nitrogen and oxygen atoms in total. The van der Waals surface area contributed by atoms with E-state index in [2.05, 4.69) is 56.3 Å². The van der Waals surface area contributed by atoms with Crippen LogP contribution in [0, 0.1) is 0 Å². The Labute approximate surface area is 318 Å². The van der Waals surface area contributed by atoms with Crippen molar-refractivity contribution in [3.05, 3.63) is 193 Å². The van der Waals surface area contributed by atoms with Gasteiger partial charge in [-0.2, -0.15) is 0 Å². The van der Waals surface area contributed by atoms with Gasteiger partial charge in [-0.05, 0) is 84.3 Å². The van der Waals surface area contributed by atoms with Crippen LogP contribution in [-0.2, 0) is 5.41 Å². The van der Waals surface area contributed by atoms with Crippen LogP contribution < -0.4 is 0 Å². The van der Waals surface area contributed by atoms with Gasteiger partial charge in [0.2, 0.25) is 0 Å². The Morgan fingerprint density at radius 1 is 0.434 bits per heavy atom. The molecule has 1 heterocycles. The van der Waals surface area contributed by atoms with Gasteiger partial charge in [0.05, 0.1) is 19.6 Å². The summed E-state index contributed by atoms with van der Waals surface area (Å²) in [7, 11) is 0. The van der Waals surface area contributed by atoms with Gasteiger partial charge in [0.1, 0.15) is 0 Å². The molecule has 0 atom stereocenters. The Morgan fingerprint density at radius 3 is 1.75 bits per heavy atom. The van der Waals surface area contributed by atoms with Crippen LogP contribution in [0.15, 0.2) is 182 Å². The number of fused-ring (bicyclic) bond motifs is 5. The standard InChI is InChI=1S/C51H36N2/c1-51(2)45-23-13-22-43(49(45)44-30-37-18-9-10-19-38(37)31-46(44)51)41-28-29-42(40-21-12-11-20-39(40)41)48-32-47(52-50(53-48)36-16-7-4-8-17-36)35-26-24-34(25-27-35)33-14-5-3-6-15-33/h3-32H,1-2H3/i11D,12D,20D,21D,28D,29D. The lowest BCUT2D eigenvalue weighted by molar-refractivity contribution is 0.661. The molecule has 0 aliphatic heterocycles. The molecule has 1 aliphatic carbocycles. The highest BCUT2D eigenvalue weighted by Crippen LogP contribution is 2.54. The lowest BCUT2D eigenvalue weighted by Gasteiger charge is -2.22. The molecule has 1 aliphatic rings. The average Bonchev–Trinajstić information content (AvgIpc) is 3.50. The van der Waals surface area contributed by atoms with Crippen LogP contribution in [0.4, 0.5) is 0 Å². The number of hydrogen-bond acceptors (Lipinski definition) is 2. The maximum absolute atomic E-state index is 9.83. The first-order valence-electron chi connectivity index (χ1n) is 20.8. The summed E-state index contributed by atoms with van der Waals surface area (Å²) in [4.78, 5) is 10.0. The second-order valence-electron chi connectivity index (χ2n) is 14.1. The molecule has 0 unspecified atom stereocenters. The molecule has 1 aromatic heterocycles. The van der Waals surface area contributed by atoms with E-state index in [0.29, 0.717) is 22.6 Å². The van der Waals surface area contributed by atoms with Crippen LogP contribution in [0.5, 0.6) is 0 Å². The SMILES string of the molecule is [2H]c1c([2H])c([2H])c2c(-c3cccc4c3-c3cc5ccccc5cc3C4(C)C)c([2H])c([2H])c(-c3cc(-c4ccc(-c5ccccc5)cc4)nc(-c4ccccc4)n3)c2c1[2H]. The highest BCUT2D eigenvalue weighted by molar-refractivity contribution is 6.08. The number of nitrogens with zero attached hydrogens (tertiary/aromatic N) is 2. The number of aromatic nitrogens is 2. The van der Waals surface area contributed by atoms with E-state index in [-0.39, 0.29) is 46.2 Å². The Balaban J connectivity index is 1.26. The molecule has 9 aromatic rings. The minimum atomic E-state index is -0.419. The van der Waals surface area contributed by atoms with E-state index in [0.717, 1.165) is 55.3 Å². The third-order valence-corrected chi connectivity index (χ3v) is 10.6. The Morgan fingerprint density at radius 2 is 1.02 bits per heavy atom. The third kappa shape index (κ3) is 5.18. The van der Waals surface area contributed by atoms with Gasteiger partial charge in [-0.15, -0.1) is 0 Å². The van der Waals surface area contributed by atoms with Gasteiger partial charge in [-0.1, -0.05) is 177 Å². The Hall–Kier alpha value is -6.64. The number of rotatable bonds is 5. The van der Waals surface area contributed by atoms with Crippen molar-refractivity contribution in [1.29, 1.82) is 0 Å². The average molecular weight is 683 g/mol. The Bertz CT molecular complexity index is 3180. The summed E-state index contributed by atoms with van der Waals surface area (Å²) in [6.07, 6.45) is 0. The smallest absolute Gasteiger partial charge is 0.160 e. The lowest BCUT2D eigenvalue weighted by Crippen LogP contribution is -2.14. The molecular formula is C51H36N2. The molecule has 53 heavy (non-hydrogen) atoms. The first-order chi connectivity index (χ1) is 28.5. The number of hydrogen-bond donors (Lipinski definition) is 0. The molecule has 8 aromatic carbocycles. The van der Waals surface area contributed by atoms with E-state index in [4.69, 9.17) is 12.7 Å². The van der Waals surface area contributed by atoms with Crippen LogP contribution in [0.2, 0.25) is 0 Å². The van der Waals surface area contributed by atoms with E-state index in [1.807, 2.05) is 97.1 Å². The van der Waals surface area contributed by atoms with Crippen molar-refractivity contribution < 1.29 is 8.22 Å². The maximum atomic E-state index is 9.83. The fraction of sp³-hybridized carbons (Fsp3) is 0.0588. The van der Waals surface area contributed by atoms with Gasteiger partial charge in [0.15, 0.2) is 5.82 Å². The highest BCUT2D eigenvalue weighted by atomic mass is 14.9. The summed E-state index contributed by atoms with van der Waals surface area (Å²) < 4.78 is 56.3. The second kappa shape index (κ2) is 12.3. The zero-order valence-electron chi connectivity index (χ0n) is 35.3. The third-order valence-electron chi connectivity index (χ3n) is 10.6. The minimum Gasteiger partial charge on any atom is -0.228 e. The summed E-state index contributed by atoms with van der Waals surface area (Å²) in [5, 5.41) is 2.52. The zero-order valence-corrected chi connectivity index (χ0v) is 29.3. The minimum absolute atomic E-state index is 0.142. The van der Waals surface area contributed by atoms with E-state index < -0.39 is 17.5 Å². The molecular weight excluding hydrogens is 641 g/mol. The topological polar surface area (TPSA) is 25.8 Å². The van der Waals surface area contributed by atoms with Gasteiger partial charge in [-0.25, -0.2) is 9.97 Å². The van der Waals surface area contributed by atoms with Crippen molar-refractivity contribution in [3.8, 4) is 67.3 Å². The zero-order chi connectivity index (χ0) is 40.7. The summed E-state index contributed by atoms with van der Waals surface area (Å²) in [6.45, 7) is 4.38. The normalized spacial score (nSPS) is 14.5. The summed E-state index contributed by atoms with van der Waals surface area (Å²) in [5.74, 6) is 0.390. The van der Waals surface area contributed by atoms with Crippen molar-refractivity contribution in [2.75, 3.05) is 0 Å². The molecule has 0 saturated carbocycles. The molecule has 0 fully saturated rings. The molecule has 0 N–H and O–H groups in total. The van der Waals surface area contributed by atoms with E-state index in [9.17, 15) is 5.48 Å². The summed E-state index contributed by atoms with van der Waals surface area (Å²) in [5.41, 5.74) is 9.35. The van der Waals surface area contributed by atoms with E-state index in [1.54, 1.807) is 6.07 Å². The van der Waals surface area contributed by atoms with E-state index >= 15 is 0 Å². The molecule has 0 radical (unpaired) electrons. The molecule has 0 bridgehead atoms. The largest absolute Gasteiger partial charge is 0.228 e. The predicted octanol–water partition coefficient (Wildman–Crippen LogP) is 13.4. The second-order valence-corrected chi connectivity index (χ2v) is 14.1. The molecule has 250 valence electrons. The molecule has 10 rings (SSSR count). The van der Waals surface area contributed by atoms with Crippen molar-refractivity contribution in [2.45, 2.75) is 19.3 Å². The maximum Gasteiger partial charge on any atom is 0.160 e. The van der Waals surface area contributed by atoms with Crippen molar-refractivity contribution in [1.82, 2.24) is 9.97 Å². The van der Waals surface area contributed by atoms with Gasteiger partial charge < -0.3 is 0 Å². The van der Waals surface area contributed by atoms with Gasteiger partial charge in [0.25, 0.3) is 0 Å². The fourth-order valence-corrected chi connectivity index (χ4v) is 7.92. The summed E-state index contributed by atoms with van der Waals surface area (Å²) >= 11 is 0. The van der Waals surface area contributed by atoms with E-state index in [1.165, 1.54) is 0 Å². The molecule has 0 spiro atoms. The van der Waals surface area contributed by atoms with Crippen molar-refractivity contribution >= 4 is 21.5 Å². The predicted molar refractivity (Wildman–Crippen MR) is 222 cm³/mol. The van der Waals surface area contributed by atoms with Crippen molar-refractivity contribution in [3.63, 3.8) is 0 Å². The molecule has 0 amide bonds. The van der Waals surface area contributed by atoms with Crippen LogP contribution in [-0.4, -0.2) is 9.97 Å². The lowest BCUT2D eigenvalue weighted by atomic mass is 9.81. The first kappa shape index (κ1) is 25.3. The molecule has 2 heteroatoms. The molecule has 0 saturated heterocycles. The van der Waals surface area contributed by atoms with Crippen molar-refractivity contribution in [2.24, 2.45) is 0 Å². The Kier molecular flexibility index (Phi) is 5.86. The first-order valence-corrected chi connectivity index (χ1v) is 17.8. The van der Waals surface area contributed by atoms with Crippen LogP contribution in [0.1, 0.15) is 33.2 Å². The summed E-state index contributed by atoms with van der Waals surface area (Å²) in [6, 6.07) is 46.3. The monoisotopic (exact) mass is 682 g/mol. The highest BCUT2D eigenvalue weighted by Gasteiger charge is 2.37. The fourth-order valence-electron chi connectivity index (χ4n) is 7.92. The van der Waals surface area contributed by atoms with Crippen LogP contribution in [0.25, 0.3) is 88.8 Å². The quantitative estimate of drug-likeness (QED) is 0.181. The van der Waals surface area contributed by atoms with Gasteiger partial charge in [0, 0.05) is 22.1 Å². The van der Waals surface area contributed by atoms with Crippen LogP contribution in [0.3, 0.4) is 0 Å². The number of benzene rings is 8. The van der Waals surface area contributed by atoms with Gasteiger partial charge >= 0.3 is 0 Å². The van der Waals surface area contributed by atoms with Crippen LogP contribution >= 0.6 is 0 Å². The van der Waals surface area contributed by atoms with Gasteiger partial charge in [-0.3, -0.25) is 0 Å².